The molecule has 18 heavy (non-hydrogen) atoms. The van der Waals surface area contributed by atoms with Gasteiger partial charge in [-0.25, -0.2) is 4.79 Å². The normalized spacial score (nSPS) is 16.6. The molecular weight excluding hydrogens is 294 g/mol. The Morgan fingerprint density at radius 2 is 2.28 bits per heavy atom. The van der Waals surface area contributed by atoms with Gasteiger partial charge in [-0.15, -0.1) is 0 Å². The number of pyridine rings is 1. The highest BCUT2D eigenvalue weighted by Gasteiger charge is 2.36. The largest absolute Gasteiger partial charge is 0.449 e. The van der Waals surface area contributed by atoms with Crippen molar-refractivity contribution in [1.29, 1.82) is 0 Å². The summed E-state index contributed by atoms with van der Waals surface area (Å²) in [5.41, 5.74) is 1.97. The second-order valence-electron chi connectivity index (χ2n) is 4.97. The Balaban J connectivity index is 2.40. The van der Waals surface area contributed by atoms with Crippen molar-refractivity contribution in [2.24, 2.45) is 0 Å². The minimum atomic E-state index is -0.418. The van der Waals surface area contributed by atoms with E-state index in [2.05, 4.69) is 20.9 Å². The van der Waals surface area contributed by atoms with Crippen LogP contribution in [0.3, 0.4) is 0 Å². The molecule has 2 rings (SSSR count). The summed E-state index contributed by atoms with van der Waals surface area (Å²) in [6.07, 6.45) is 2.39. The van der Waals surface area contributed by atoms with E-state index in [1.807, 2.05) is 28.7 Å². The van der Waals surface area contributed by atoms with Crippen LogP contribution in [0.15, 0.2) is 16.7 Å². The molecule has 1 fully saturated rings. The van der Waals surface area contributed by atoms with Gasteiger partial charge < -0.3 is 9.64 Å². The van der Waals surface area contributed by atoms with E-state index < -0.39 is 5.34 Å². The Hall–Kier alpha value is -0.970. The van der Waals surface area contributed by atoms with Crippen molar-refractivity contribution in [2.75, 3.05) is 13.2 Å². The molecule has 94 valence electrons. The molecule has 7 heteroatoms. The van der Waals surface area contributed by atoms with Crippen LogP contribution in [-0.4, -0.2) is 44.8 Å². The number of carbonyl (C=O) groups excluding carboxylic acids is 1. The van der Waals surface area contributed by atoms with E-state index in [9.17, 15) is 4.79 Å². The van der Waals surface area contributed by atoms with Gasteiger partial charge in [0.15, 0.2) is 0 Å². The monoisotopic (exact) mass is 308 g/mol. The quantitative estimate of drug-likeness (QED) is 0.742. The molecule has 0 radical (unpaired) electrons. The van der Waals surface area contributed by atoms with E-state index in [0.29, 0.717) is 6.61 Å². The third-order valence-electron chi connectivity index (χ3n) is 3.36. The Labute approximate surface area is 117 Å². The zero-order valence-corrected chi connectivity index (χ0v) is 12.5. The molecule has 0 bridgehead atoms. The lowest BCUT2D eigenvalue weighted by Gasteiger charge is -2.41. The van der Waals surface area contributed by atoms with E-state index in [0.717, 1.165) is 28.7 Å². The van der Waals surface area contributed by atoms with Crippen LogP contribution in [0.2, 0.25) is 0 Å². The predicted molar refractivity (Wildman–Crippen MR) is 78.1 cm³/mol. The van der Waals surface area contributed by atoms with Crippen molar-refractivity contribution < 1.29 is 9.53 Å². The SMILES string of the molecule is BC(B)(c1cc(Br)cnc1C)N1CCCOC1=O. The third-order valence-corrected chi connectivity index (χ3v) is 3.79. The van der Waals surface area contributed by atoms with Crippen LogP contribution in [0.4, 0.5) is 4.79 Å². The number of nitrogens with zero attached hydrogens (tertiary/aromatic N) is 2. The van der Waals surface area contributed by atoms with Crippen molar-refractivity contribution in [1.82, 2.24) is 9.88 Å². The molecule has 0 unspecified atom stereocenters. The van der Waals surface area contributed by atoms with Crippen LogP contribution in [0.5, 0.6) is 0 Å². The summed E-state index contributed by atoms with van der Waals surface area (Å²) in [4.78, 5) is 18.0. The second-order valence-corrected chi connectivity index (χ2v) is 5.88. The van der Waals surface area contributed by atoms with E-state index in [1.165, 1.54) is 0 Å². The van der Waals surface area contributed by atoms with E-state index in [4.69, 9.17) is 4.74 Å². The Morgan fingerprint density at radius 1 is 1.56 bits per heavy atom. The van der Waals surface area contributed by atoms with Gasteiger partial charge in [-0.3, -0.25) is 4.98 Å². The molecule has 0 saturated carbocycles. The third kappa shape index (κ3) is 2.41. The van der Waals surface area contributed by atoms with Gasteiger partial charge in [0.05, 0.1) is 6.61 Å². The number of aryl methyl sites for hydroxylation is 1. The summed E-state index contributed by atoms with van der Waals surface area (Å²) in [6, 6.07) is 2.02. The molecule has 0 spiro atoms. The predicted octanol–water partition coefficient (Wildman–Crippen LogP) is 0.371. The Kier molecular flexibility index (Phi) is 3.71. The fraction of sp³-hybridized carbons (Fsp3) is 0.455. The van der Waals surface area contributed by atoms with Crippen LogP contribution < -0.4 is 0 Å². The zero-order chi connectivity index (χ0) is 13.3. The molecule has 4 nitrogen and oxygen atoms in total. The number of rotatable bonds is 2. The number of carbonyl (C=O) groups is 1. The number of amides is 1. The van der Waals surface area contributed by atoms with Crippen LogP contribution in [0.1, 0.15) is 17.7 Å². The molecule has 0 atom stereocenters. The van der Waals surface area contributed by atoms with Gasteiger partial charge in [-0.1, -0.05) is 0 Å². The molecule has 2 heterocycles. The summed E-state index contributed by atoms with van der Waals surface area (Å²) in [5, 5.41) is -0.418. The molecule has 0 N–H and O–H groups in total. The first-order valence-electron chi connectivity index (χ1n) is 6.00. The molecular formula is C11H15B2BrN2O2. The van der Waals surface area contributed by atoms with Crippen LogP contribution in [-0.2, 0) is 10.1 Å². The molecule has 1 aromatic heterocycles. The number of cyclic esters (lactones) is 1. The molecule has 1 aromatic rings. The first kappa shape index (κ1) is 13.5. The fourth-order valence-electron chi connectivity index (χ4n) is 2.33. The van der Waals surface area contributed by atoms with E-state index in [1.54, 1.807) is 11.1 Å². The first-order chi connectivity index (χ1) is 8.43. The highest BCUT2D eigenvalue weighted by Crippen LogP contribution is 2.28. The average Bonchev–Trinajstić information content (AvgIpc) is 2.32. The molecule has 1 amide bonds. The maximum Gasteiger partial charge on any atom is 0.409 e. The Morgan fingerprint density at radius 3 is 2.94 bits per heavy atom. The Bertz CT molecular complexity index is 482. The van der Waals surface area contributed by atoms with Crippen molar-refractivity contribution in [2.45, 2.75) is 18.7 Å². The number of aromatic nitrogens is 1. The summed E-state index contributed by atoms with van der Waals surface area (Å²) < 4.78 is 6.04. The van der Waals surface area contributed by atoms with Crippen molar-refractivity contribution in [3.8, 4) is 0 Å². The molecule has 1 aliphatic heterocycles. The molecule has 1 saturated heterocycles. The van der Waals surface area contributed by atoms with Crippen molar-refractivity contribution in [3.63, 3.8) is 0 Å². The molecule has 0 aromatic carbocycles. The van der Waals surface area contributed by atoms with Crippen molar-refractivity contribution >= 4 is 37.7 Å². The maximum absolute atomic E-state index is 11.9. The van der Waals surface area contributed by atoms with Gasteiger partial charge in [0.1, 0.15) is 15.7 Å². The average molecular weight is 309 g/mol. The standard InChI is InChI=1S/C11H15B2BrN2O2/c1-7-9(5-8(14)6-15-7)11(12,13)16-3-2-4-18-10(16)17/h5-6H,2-4,12-13H2,1H3. The highest BCUT2D eigenvalue weighted by molar-refractivity contribution is 9.10. The van der Waals surface area contributed by atoms with Gasteiger partial charge >= 0.3 is 6.09 Å². The number of halogens is 1. The van der Waals surface area contributed by atoms with Gasteiger partial charge in [0.25, 0.3) is 0 Å². The zero-order valence-electron chi connectivity index (χ0n) is 10.9. The summed E-state index contributed by atoms with van der Waals surface area (Å²) in [5.74, 6) is 0. The van der Waals surface area contributed by atoms with Gasteiger partial charge in [0.2, 0.25) is 0 Å². The van der Waals surface area contributed by atoms with Gasteiger partial charge in [-0.2, -0.15) is 0 Å². The maximum atomic E-state index is 11.9. The minimum absolute atomic E-state index is 0.245. The minimum Gasteiger partial charge on any atom is -0.449 e. The summed E-state index contributed by atoms with van der Waals surface area (Å²) >= 11 is 3.43. The molecule has 0 aliphatic carbocycles. The van der Waals surface area contributed by atoms with Gasteiger partial charge in [0, 0.05) is 28.2 Å². The number of hydrogen-bond donors (Lipinski definition) is 0. The number of hydrogen-bond acceptors (Lipinski definition) is 3. The summed E-state index contributed by atoms with van der Waals surface area (Å²) in [7, 11) is 4.05. The fourth-order valence-corrected chi connectivity index (χ4v) is 2.66. The smallest absolute Gasteiger partial charge is 0.409 e. The van der Waals surface area contributed by atoms with Crippen molar-refractivity contribution in [3.05, 3.63) is 28.0 Å². The molecule has 1 aliphatic rings. The van der Waals surface area contributed by atoms with Gasteiger partial charge in [-0.05, 0) is 40.9 Å². The topological polar surface area (TPSA) is 42.4 Å². The first-order valence-corrected chi connectivity index (χ1v) is 6.79. The lowest BCUT2D eigenvalue weighted by molar-refractivity contribution is 0.0602. The second kappa shape index (κ2) is 4.96. The van der Waals surface area contributed by atoms with E-state index in [-0.39, 0.29) is 6.09 Å². The summed E-state index contributed by atoms with van der Waals surface area (Å²) in [6.45, 7) is 3.19. The van der Waals surface area contributed by atoms with E-state index >= 15 is 0 Å². The number of ether oxygens (including phenoxy) is 1. The van der Waals surface area contributed by atoms with Crippen LogP contribution in [0.25, 0.3) is 0 Å². The van der Waals surface area contributed by atoms with Crippen LogP contribution in [0, 0.1) is 6.92 Å². The highest BCUT2D eigenvalue weighted by atomic mass is 79.9. The lowest BCUT2D eigenvalue weighted by atomic mass is 9.56. The van der Waals surface area contributed by atoms with Crippen LogP contribution >= 0.6 is 15.9 Å². The lowest BCUT2D eigenvalue weighted by Crippen LogP contribution is -2.53.